The summed E-state index contributed by atoms with van der Waals surface area (Å²) in [6, 6.07) is 19.6. The molecule has 4 heterocycles. The second-order valence-corrected chi connectivity index (χ2v) is 9.93. The summed E-state index contributed by atoms with van der Waals surface area (Å²) in [6.45, 7) is 0.540. The highest BCUT2D eigenvalue weighted by atomic mass is 19.3. The van der Waals surface area contributed by atoms with Gasteiger partial charge < -0.3 is 5.32 Å². The Morgan fingerprint density at radius 3 is 2.56 bits per heavy atom. The van der Waals surface area contributed by atoms with Crippen LogP contribution in [-0.4, -0.2) is 50.0 Å². The summed E-state index contributed by atoms with van der Waals surface area (Å²) in [5.41, 5.74) is 6.27. The number of hydrogen-bond donors (Lipinski definition) is 2. The van der Waals surface area contributed by atoms with E-state index in [2.05, 4.69) is 37.6 Å². The van der Waals surface area contributed by atoms with Gasteiger partial charge in [0.15, 0.2) is 5.69 Å². The highest BCUT2D eigenvalue weighted by Crippen LogP contribution is 2.29. The molecule has 1 aliphatic heterocycles. The second-order valence-electron chi connectivity index (χ2n) is 9.93. The van der Waals surface area contributed by atoms with E-state index in [1.54, 1.807) is 29.7 Å². The van der Waals surface area contributed by atoms with Crippen molar-refractivity contribution in [2.75, 3.05) is 18.4 Å². The van der Waals surface area contributed by atoms with Gasteiger partial charge >= 0.3 is 0 Å². The van der Waals surface area contributed by atoms with Crippen molar-refractivity contribution in [1.82, 2.24) is 25.1 Å². The first-order valence-electron chi connectivity index (χ1n) is 12.7. The van der Waals surface area contributed by atoms with Crippen molar-refractivity contribution in [3.05, 3.63) is 108 Å². The summed E-state index contributed by atoms with van der Waals surface area (Å²) in [6.07, 6.45) is 7.42. The molecule has 0 radical (unpaired) electrons. The number of rotatable bonds is 7. The number of alkyl halides is 2. The van der Waals surface area contributed by atoms with Gasteiger partial charge in [0.2, 0.25) is 0 Å². The van der Waals surface area contributed by atoms with Crippen molar-refractivity contribution in [3.63, 3.8) is 0 Å². The lowest BCUT2D eigenvalue weighted by Crippen LogP contribution is -2.24. The molecule has 6 rings (SSSR count). The number of halogens is 2. The fourth-order valence-corrected chi connectivity index (χ4v) is 4.97. The van der Waals surface area contributed by atoms with Crippen molar-refractivity contribution in [3.8, 4) is 11.1 Å². The topological polar surface area (TPSA) is 86.8 Å². The van der Waals surface area contributed by atoms with Crippen molar-refractivity contribution < 1.29 is 13.6 Å². The summed E-state index contributed by atoms with van der Waals surface area (Å²) in [5, 5.41) is 10.8. The fourth-order valence-electron chi connectivity index (χ4n) is 4.97. The van der Waals surface area contributed by atoms with Gasteiger partial charge in [0.1, 0.15) is 0 Å². The molecule has 1 aliphatic rings. The Labute approximate surface area is 223 Å². The van der Waals surface area contributed by atoms with Crippen LogP contribution in [-0.2, 0) is 13.0 Å². The number of carbonyl (C=O) groups is 1. The van der Waals surface area contributed by atoms with Gasteiger partial charge in [-0.15, -0.1) is 0 Å². The van der Waals surface area contributed by atoms with E-state index in [1.807, 2.05) is 48.5 Å². The molecule has 0 atom stereocenters. The van der Waals surface area contributed by atoms with Crippen LogP contribution in [0, 0.1) is 0 Å². The van der Waals surface area contributed by atoms with Gasteiger partial charge in [0.05, 0.1) is 23.9 Å². The number of carbonyl (C=O) groups excluding carboxylic acids is 1. The number of nitrogens with zero attached hydrogens (tertiary/aromatic N) is 4. The van der Waals surface area contributed by atoms with Crippen molar-refractivity contribution in [2.24, 2.45) is 0 Å². The van der Waals surface area contributed by atoms with Gasteiger partial charge in [-0.25, -0.2) is 8.78 Å². The Hall–Kier alpha value is -4.50. The quantitative estimate of drug-likeness (QED) is 0.285. The maximum Gasteiger partial charge on any atom is 0.276 e. The van der Waals surface area contributed by atoms with E-state index in [0.29, 0.717) is 30.6 Å². The molecule has 2 N–H and O–H groups in total. The van der Waals surface area contributed by atoms with Gasteiger partial charge in [-0.2, -0.15) is 5.10 Å². The third kappa shape index (κ3) is 5.68. The summed E-state index contributed by atoms with van der Waals surface area (Å²) < 4.78 is 27.2. The van der Waals surface area contributed by atoms with E-state index in [-0.39, 0.29) is 24.6 Å². The first-order valence-corrected chi connectivity index (χ1v) is 12.7. The Morgan fingerprint density at radius 1 is 0.923 bits per heavy atom. The Morgan fingerprint density at radius 2 is 1.74 bits per heavy atom. The molecule has 1 fully saturated rings. The molecule has 1 saturated heterocycles. The highest BCUT2D eigenvalue weighted by molar-refractivity contribution is 6.11. The third-order valence-corrected chi connectivity index (χ3v) is 6.86. The summed E-state index contributed by atoms with van der Waals surface area (Å²) >= 11 is 0. The number of aromatic amines is 1. The first kappa shape index (κ1) is 24.8. The van der Waals surface area contributed by atoms with Gasteiger partial charge in [0, 0.05) is 49.1 Å². The minimum absolute atomic E-state index is 0.116. The van der Waals surface area contributed by atoms with Crippen LogP contribution >= 0.6 is 0 Å². The number of likely N-dealkylation sites (tertiary alicyclic amines) is 1. The number of amides is 1. The van der Waals surface area contributed by atoms with Gasteiger partial charge in [-0.3, -0.25) is 24.8 Å². The number of nitrogens with one attached hydrogen (secondary N) is 2. The molecule has 2 aromatic carbocycles. The number of hydrogen-bond acceptors (Lipinski definition) is 5. The van der Waals surface area contributed by atoms with Crippen LogP contribution in [0.4, 0.5) is 14.5 Å². The maximum atomic E-state index is 13.6. The third-order valence-electron chi connectivity index (χ3n) is 6.86. The molecule has 0 bridgehead atoms. The molecule has 0 saturated carbocycles. The zero-order valence-electron chi connectivity index (χ0n) is 21.1. The number of aromatic nitrogens is 4. The number of pyridine rings is 2. The molecule has 9 heteroatoms. The summed E-state index contributed by atoms with van der Waals surface area (Å²) in [7, 11) is 0. The van der Waals surface area contributed by atoms with E-state index >= 15 is 0 Å². The molecule has 7 nitrogen and oxygen atoms in total. The standard InChI is InChI=1S/C30H26F2N6O/c31-30(32)8-9-38(19-30)18-22-11-24(16-33-15-22)23-6-7-27-26(13-23)28(37-36-27)29(39)35-25-12-21(14-34-17-25)10-20-4-2-1-3-5-20/h1-7,11-17H,8-10,18-19H2,(H,35,39)(H,36,37). The number of fused-ring (bicyclic) bond motifs is 1. The minimum Gasteiger partial charge on any atom is -0.319 e. The molecule has 3 aromatic heterocycles. The second kappa shape index (κ2) is 10.3. The van der Waals surface area contributed by atoms with Gasteiger partial charge in [0.25, 0.3) is 11.8 Å². The van der Waals surface area contributed by atoms with Crippen LogP contribution in [0.3, 0.4) is 0 Å². The van der Waals surface area contributed by atoms with Crippen LogP contribution in [0.15, 0.2) is 85.5 Å². The minimum atomic E-state index is -2.63. The van der Waals surface area contributed by atoms with Crippen molar-refractivity contribution in [2.45, 2.75) is 25.3 Å². The van der Waals surface area contributed by atoms with E-state index in [1.165, 1.54) is 0 Å². The molecule has 0 aliphatic carbocycles. The first-order chi connectivity index (χ1) is 18.9. The van der Waals surface area contributed by atoms with Gasteiger partial charge in [-0.05, 0) is 52.9 Å². The van der Waals surface area contributed by atoms with Crippen LogP contribution in [0.1, 0.15) is 33.6 Å². The smallest absolute Gasteiger partial charge is 0.276 e. The Kier molecular flexibility index (Phi) is 6.58. The fraction of sp³-hybridized carbons (Fsp3) is 0.200. The van der Waals surface area contributed by atoms with Crippen LogP contribution < -0.4 is 5.32 Å². The van der Waals surface area contributed by atoms with Crippen molar-refractivity contribution >= 4 is 22.5 Å². The van der Waals surface area contributed by atoms with E-state index in [4.69, 9.17) is 0 Å². The van der Waals surface area contributed by atoms with Crippen LogP contribution in [0.5, 0.6) is 0 Å². The monoisotopic (exact) mass is 524 g/mol. The zero-order chi connectivity index (χ0) is 26.8. The SMILES string of the molecule is O=C(Nc1cncc(Cc2ccccc2)c1)c1n[nH]c2ccc(-c3cncc(CN4CCC(F)(F)C4)c3)cc12. The summed E-state index contributed by atoms with van der Waals surface area (Å²) in [5.74, 6) is -2.98. The zero-order valence-corrected chi connectivity index (χ0v) is 21.1. The molecular formula is C30H26F2N6O. The van der Waals surface area contributed by atoms with E-state index in [0.717, 1.165) is 33.3 Å². The molecule has 39 heavy (non-hydrogen) atoms. The molecule has 5 aromatic rings. The van der Waals surface area contributed by atoms with E-state index < -0.39 is 5.92 Å². The lowest BCUT2D eigenvalue weighted by molar-refractivity contribution is 0.0115. The van der Waals surface area contributed by atoms with Crippen LogP contribution in [0.2, 0.25) is 0 Å². The van der Waals surface area contributed by atoms with Crippen molar-refractivity contribution in [1.29, 1.82) is 0 Å². The number of anilines is 1. The predicted molar refractivity (Wildman–Crippen MR) is 146 cm³/mol. The molecular weight excluding hydrogens is 498 g/mol. The summed E-state index contributed by atoms with van der Waals surface area (Å²) in [4.78, 5) is 23.6. The lowest BCUT2D eigenvalue weighted by atomic mass is 10.0. The molecule has 0 spiro atoms. The van der Waals surface area contributed by atoms with Gasteiger partial charge in [-0.1, -0.05) is 36.4 Å². The molecule has 1 amide bonds. The molecule has 196 valence electrons. The predicted octanol–water partition coefficient (Wildman–Crippen LogP) is 5.70. The molecule has 0 unspecified atom stereocenters. The Balaban J connectivity index is 1.21. The van der Waals surface area contributed by atoms with E-state index in [9.17, 15) is 13.6 Å². The van der Waals surface area contributed by atoms with Crippen LogP contribution in [0.25, 0.3) is 22.0 Å². The number of H-pyrrole nitrogens is 1. The normalized spacial score (nSPS) is 15.0. The largest absolute Gasteiger partial charge is 0.319 e. The average molecular weight is 525 g/mol. The Bertz CT molecular complexity index is 1640. The average Bonchev–Trinajstić information content (AvgIpc) is 3.51. The lowest BCUT2D eigenvalue weighted by Gasteiger charge is -2.15. The highest BCUT2D eigenvalue weighted by Gasteiger charge is 2.37. The number of benzene rings is 2. The maximum absolute atomic E-state index is 13.6.